The van der Waals surface area contributed by atoms with Crippen LogP contribution in [-0.4, -0.2) is 27.1 Å². The van der Waals surface area contributed by atoms with Gasteiger partial charge in [0.15, 0.2) is 0 Å². The molecule has 1 aromatic carbocycles. The Labute approximate surface area is 143 Å². The van der Waals surface area contributed by atoms with E-state index in [2.05, 4.69) is 9.71 Å². The zero-order chi connectivity index (χ0) is 16.4. The number of nitrogens with one attached hydrogen (secondary N) is 2. The molecule has 0 atom stereocenters. The van der Waals surface area contributed by atoms with Gasteiger partial charge in [0.1, 0.15) is 9.96 Å². The van der Waals surface area contributed by atoms with Crippen molar-refractivity contribution in [3.8, 4) is 5.75 Å². The first-order chi connectivity index (χ1) is 11.0. The van der Waals surface area contributed by atoms with Gasteiger partial charge in [-0.1, -0.05) is 11.6 Å². The number of hydrogen-bond acceptors (Lipinski definition) is 4. The van der Waals surface area contributed by atoms with Crippen LogP contribution in [0.25, 0.3) is 10.9 Å². The Bertz CT molecular complexity index is 931. The van der Waals surface area contributed by atoms with Crippen LogP contribution in [0.3, 0.4) is 0 Å². The molecule has 0 aliphatic carbocycles. The molecule has 0 saturated carbocycles. The summed E-state index contributed by atoms with van der Waals surface area (Å²) in [7, 11) is -1.89. The van der Waals surface area contributed by atoms with E-state index in [9.17, 15) is 8.42 Å². The van der Waals surface area contributed by atoms with Crippen LogP contribution in [0.4, 0.5) is 0 Å². The molecule has 0 aliphatic heterocycles. The Morgan fingerprint density at radius 1 is 1.30 bits per heavy atom. The lowest BCUT2D eigenvalue weighted by Gasteiger charge is -2.05. The average molecular weight is 371 g/mol. The zero-order valence-corrected chi connectivity index (χ0v) is 14.7. The summed E-state index contributed by atoms with van der Waals surface area (Å²) in [5.41, 5.74) is 2.03. The number of aromatic amines is 1. The molecule has 2 aromatic heterocycles. The van der Waals surface area contributed by atoms with Crippen LogP contribution in [0.2, 0.25) is 4.34 Å². The van der Waals surface area contributed by atoms with Crippen molar-refractivity contribution in [1.82, 2.24) is 9.71 Å². The summed E-state index contributed by atoms with van der Waals surface area (Å²) in [6.07, 6.45) is 2.46. The minimum atomic E-state index is -3.51. The van der Waals surface area contributed by atoms with Gasteiger partial charge in [-0.3, -0.25) is 0 Å². The van der Waals surface area contributed by atoms with E-state index in [1.54, 1.807) is 13.2 Å². The lowest BCUT2D eigenvalue weighted by atomic mass is 10.1. The highest BCUT2D eigenvalue weighted by atomic mass is 35.5. The summed E-state index contributed by atoms with van der Waals surface area (Å²) in [5, 5.41) is 1.03. The molecule has 0 fully saturated rings. The number of fused-ring (bicyclic) bond motifs is 1. The number of aromatic nitrogens is 1. The summed E-state index contributed by atoms with van der Waals surface area (Å²) in [5.74, 6) is 0.771. The molecule has 2 N–H and O–H groups in total. The molecule has 0 aliphatic rings. The number of ether oxygens (including phenoxy) is 1. The predicted molar refractivity (Wildman–Crippen MR) is 93.1 cm³/mol. The van der Waals surface area contributed by atoms with Crippen molar-refractivity contribution in [2.24, 2.45) is 0 Å². The number of thiophene rings is 1. The van der Waals surface area contributed by atoms with E-state index >= 15 is 0 Å². The highest BCUT2D eigenvalue weighted by molar-refractivity contribution is 7.91. The van der Waals surface area contributed by atoms with Crippen molar-refractivity contribution in [2.75, 3.05) is 13.7 Å². The Morgan fingerprint density at radius 2 is 2.13 bits per heavy atom. The Balaban J connectivity index is 1.71. The maximum atomic E-state index is 12.2. The second-order valence-electron chi connectivity index (χ2n) is 4.93. The van der Waals surface area contributed by atoms with Gasteiger partial charge in [-0.2, -0.15) is 0 Å². The van der Waals surface area contributed by atoms with Crippen molar-refractivity contribution in [3.05, 3.63) is 46.4 Å². The largest absolute Gasteiger partial charge is 0.497 e. The predicted octanol–water partition coefficient (Wildman–Crippen LogP) is 3.41. The number of hydrogen-bond donors (Lipinski definition) is 2. The second kappa shape index (κ2) is 6.52. The van der Waals surface area contributed by atoms with Crippen molar-refractivity contribution in [3.63, 3.8) is 0 Å². The van der Waals surface area contributed by atoms with Gasteiger partial charge in [0.2, 0.25) is 10.0 Å². The van der Waals surface area contributed by atoms with Crippen LogP contribution in [0, 0.1) is 0 Å². The Morgan fingerprint density at radius 3 is 2.83 bits per heavy atom. The molecule has 5 nitrogen and oxygen atoms in total. The van der Waals surface area contributed by atoms with Crippen LogP contribution in [0.15, 0.2) is 40.7 Å². The lowest BCUT2D eigenvalue weighted by Crippen LogP contribution is -2.25. The van der Waals surface area contributed by atoms with Crippen molar-refractivity contribution < 1.29 is 13.2 Å². The monoisotopic (exact) mass is 370 g/mol. The zero-order valence-electron chi connectivity index (χ0n) is 12.3. The van der Waals surface area contributed by atoms with E-state index in [1.165, 1.54) is 6.07 Å². The maximum Gasteiger partial charge on any atom is 0.250 e. The average Bonchev–Trinajstić information content (AvgIpc) is 3.14. The summed E-state index contributed by atoms with van der Waals surface area (Å²) < 4.78 is 32.8. The fraction of sp³-hybridized carbons (Fsp3) is 0.200. The van der Waals surface area contributed by atoms with Crippen molar-refractivity contribution in [2.45, 2.75) is 10.6 Å². The van der Waals surface area contributed by atoms with E-state index < -0.39 is 10.0 Å². The third-order valence-corrected chi connectivity index (χ3v) is 6.66. The number of benzene rings is 1. The van der Waals surface area contributed by atoms with Crippen LogP contribution in [0.5, 0.6) is 5.75 Å². The van der Waals surface area contributed by atoms with Crippen LogP contribution in [-0.2, 0) is 16.4 Å². The van der Waals surface area contributed by atoms with E-state index in [-0.39, 0.29) is 4.21 Å². The quantitative estimate of drug-likeness (QED) is 0.698. The maximum absolute atomic E-state index is 12.2. The number of H-pyrrole nitrogens is 1. The SMILES string of the molecule is COc1ccc2[nH]cc(CCNS(=O)(=O)c3ccc(Cl)s3)c2c1. The fourth-order valence-corrected chi connectivity index (χ4v) is 4.88. The second-order valence-corrected chi connectivity index (χ2v) is 8.64. The summed E-state index contributed by atoms with van der Waals surface area (Å²) >= 11 is 6.83. The highest BCUT2D eigenvalue weighted by Gasteiger charge is 2.16. The highest BCUT2D eigenvalue weighted by Crippen LogP contribution is 2.26. The van der Waals surface area contributed by atoms with E-state index in [0.717, 1.165) is 33.6 Å². The molecule has 122 valence electrons. The summed E-state index contributed by atoms with van der Waals surface area (Å²) in [4.78, 5) is 3.17. The number of methoxy groups -OCH3 is 1. The third-order valence-electron chi connectivity index (χ3n) is 3.47. The van der Waals surface area contributed by atoms with Gasteiger partial charge in [0.25, 0.3) is 0 Å². The molecule has 3 aromatic rings. The molecule has 3 rings (SSSR count). The number of sulfonamides is 1. The molecule has 0 unspecified atom stereocenters. The van der Waals surface area contributed by atoms with E-state index in [4.69, 9.17) is 16.3 Å². The van der Waals surface area contributed by atoms with Crippen molar-refractivity contribution in [1.29, 1.82) is 0 Å². The first-order valence-electron chi connectivity index (χ1n) is 6.88. The molecule has 0 amide bonds. The van der Waals surface area contributed by atoms with Crippen molar-refractivity contribution >= 4 is 43.9 Å². The molecule has 0 saturated heterocycles. The van der Waals surface area contributed by atoms with E-state index in [1.807, 2.05) is 24.4 Å². The van der Waals surface area contributed by atoms with Gasteiger partial charge in [-0.05, 0) is 42.3 Å². The minimum Gasteiger partial charge on any atom is -0.497 e. The summed E-state index contributed by atoms with van der Waals surface area (Å²) in [6, 6.07) is 8.84. The first kappa shape index (κ1) is 16.3. The smallest absolute Gasteiger partial charge is 0.250 e. The van der Waals surface area contributed by atoms with E-state index in [0.29, 0.717) is 17.3 Å². The van der Waals surface area contributed by atoms with Gasteiger partial charge in [0, 0.05) is 23.6 Å². The molecule has 23 heavy (non-hydrogen) atoms. The van der Waals surface area contributed by atoms with Gasteiger partial charge >= 0.3 is 0 Å². The molecule has 0 spiro atoms. The van der Waals surface area contributed by atoms with Gasteiger partial charge in [0.05, 0.1) is 11.4 Å². The molecule has 0 bridgehead atoms. The molecular weight excluding hydrogens is 356 g/mol. The lowest BCUT2D eigenvalue weighted by molar-refractivity contribution is 0.415. The minimum absolute atomic E-state index is 0.225. The number of rotatable bonds is 6. The van der Waals surface area contributed by atoms with Gasteiger partial charge in [-0.15, -0.1) is 11.3 Å². The topological polar surface area (TPSA) is 71.2 Å². The first-order valence-corrected chi connectivity index (χ1v) is 9.56. The van der Waals surface area contributed by atoms with Crippen LogP contribution in [0.1, 0.15) is 5.56 Å². The van der Waals surface area contributed by atoms with Gasteiger partial charge < -0.3 is 9.72 Å². The third kappa shape index (κ3) is 3.53. The Kier molecular flexibility index (Phi) is 4.63. The summed E-state index contributed by atoms with van der Waals surface area (Å²) in [6.45, 7) is 0.308. The number of halogens is 1. The molecule has 8 heteroatoms. The molecule has 0 radical (unpaired) electrons. The van der Waals surface area contributed by atoms with Crippen LogP contribution < -0.4 is 9.46 Å². The molecular formula is C15H15ClN2O3S2. The fourth-order valence-electron chi connectivity index (χ4n) is 2.32. The standard InChI is InChI=1S/C15H15ClN2O3S2/c1-21-11-2-3-13-12(8-11)10(9-17-13)6-7-18-23(19,20)15-5-4-14(16)22-15/h2-5,8-9,17-18H,6-7H2,1H3. The Hall–Kier alpha value is -1.54. The molecule has 2 heterocycles. The van der Waals surface area contributed by atoms with Gasteiger partial charge in [-0.25, -0.2) is 13.1 Å². The normalized spacial score (nSPS) is 11.9. The van der Waals surface area contributed by atoms with Crippen LogP contribution >= 0.6 is 22.9 Å².